The average molecular weight is 246 g/mol. The Morgan fingerprint density at radius 3 is 3.11 bits per heavy atom. The fourth-order valence-corrected chi connectivity index (χ4v) is 2.03. The monoisotopic (exact) mass is 246 g/mol. The molecule has 1 aromatic heterocycles. The van der Waals surface area contributed by atoms with Crippen molar-refractivity contribution in [3.8, 4) is 0 Å². The van der Waals surface area contributed by atoms with Crippen molar-refractivity contribution in [1.29, 1.82) is 0 Å². The molecule has 0 spiro atoms. The van der Waals surface area contributed by atoms with E-state index < -0.39 is 5.91 Å². The minimum atomic E-state index is -0.442. The minimum absolute atomic E-state index is 0.442. The summed E-state index contributed by atoms with van der Waals surface area (Å²) in [4.78, 5) is 15.6. The molecule has 0 aliphatic carbocycles. The second-order valence-corrected chi connectivity index (χ2v) is 4.39. The van der Waals surface area contributed by atoms with E-state index in [-0.39, 0.29) is 0 Å². The molecule has 2 rings (SSSR count). The molecule has 0 aromatic carbocycles. The smallest absolute Gasteiger partial charge is 0.252 e. The van der Waals surface area contributed by atoms with E-state index in [0.29, 0.717) is 17.9 Å². The van der Waals surface area contributed by atoms with Gasteiger partial charge in [0.05, 0.1) is 5.56 Å². The molecule has 2 heterocycles. The van der Waals surface area contributed by atoms with Gasteiger partial charge in [-0.25, -0.2) is 4.98 Å². The van der Waals surface area contributed by atoms with Crippen LogP contribution in [-0.4, -0.2) is 30.5 Å². The molecule has 5 heteroatoms. The number of rotatable bonds is 4. The number of hydrogen-bond donors (Lipinski definition) is 3. The molecule has 0 fully saturated rings. The first kappa shape index (κ1) is 12.6. The van der Waals surface area contributed by atoms with Crippen molar-refractivity contribution in [3.63, 3.8) is 0 Å². The number of anilines is 1. The van der Waals surface area contributed by atoms with Crippen LogP contribution < -0.4 is 16.4 Å². The molecule has 0 saturated carbocycles. The molecule has 4 N–H and O–H groups in total. The Hall–Kier alpha value is -1.88. The predicted octanol–water partition coefficient (Wildman–Crippen LogP) is 0.821. The van der Waals surface area contributed by atoms with Gasteiger partial charge in [-0.3, -0.25) is 4.79 Å². The highest BCUT2D eigenvalue weighted by molar-refractivity contribution is 5.99. The van der Waals surface area contributed by atoms with Crippen LogP contribution in [0.15, 0.2) is 23.9 Å². The minimum Gasteiger partial charge on any atom is -0.366 e. The Bertz CT molecular complexity index is 482. The molecule has 1 aliphatic heterocycles. The molecule has 1 amide bonds. The van der Waals surface area contributed by atoms with E-state index in [4.69, 9.17) is 5.73 Å². The topological polar surface area (TPSA) is 80.0 Å². The molecule has 1 aliphatic rings. The van der Waals surface area contributed by atoms with Gasteiger partial charge in [0.25, 0.3) is 5.91 Å². The lowest BCUT2D eigenvalue weighted by Gasteiger charge is -2.16. The van der Waals surface area contributed by atoms with Gasteiger partial charge in [-0.15, -0.1) is 0 Å². The van der Waals surface area contributed by atoms with E-state index in [2.05, 4.69) is 21.7 Å². The number of carbonyl (C=O) groups excluding carboxylic acids is 1. The van der Waals surface area contributed by atoms with Crippen LogP contribution in [0, 0.1) is 6.92 Å². The largest absolute Gasteiger partial charge is 0.366 e. The number of nitrogens with one attached hydrogen (secondary N) is 2. The van der Waals surface area contributed by atoms with E-state index in [1.807, 2.05) is 6.92 Å². The Kier molecular flexibility index (Phi) is 3.94. The molecular weight excluding hydrogens is 228 g/mol. The second kappa shape index (κ2) is 5.64. The summed E-state index contributed by atoms with van der Waals surface area (Å²) in [5.74, 6) is 0.129. The van der Waals surface area contributed by atoms with Gasteiger partial charge in [-0.05, 0) is 31.5 Å². The van der Waals surface area contributed by atoms with Crippen LogP contribution in [0.3, 0.4) is 0 Å². The number of nitrogens with two attached hydrogens (primary N) is 1. The molecule has 18 heavy (non-hydrogen) atoms. The first-order valence-electron chi connectivity index (χ1n) is 6.06. The van der Waals surface area contributed by atoms with Gasteiger partial charge in [0, 0.05) is 19.3 Å². The molecular formula is C13H18N4O. The van der Waals surface area contributed by atoms with Crippen molar-refractivity contribution in [2.24, 2.45) is 5.73 Å². The van der Waals surface area contributed by atoms with Crippen LogP contribution in [0.25, 0.3) is 0 Å². The van der Waals surface area contributed by atoms with Crippen molar-refractivity contribution in [2.75, 3.05) is 25.0 Å². The first-order chi connectivity index (χ1) is 8.68. The SMILES string of the molecule is Cc1ccnc(NCC2=CCNCC2)c1C(N)=O. The highest BCUT2D eigenvalue weighted by atomic mass is 16.1. The van der Waals surface area contributed by atoms with E-state index in [0.717, 1.165) is 25.1 Å². The van der Waals surface area contributed by atoms with E-state index in [1.54, 1.807) is 12.3 Å². The van der Waals surface area contributed by atoms with Gasteiger partial charge in [-0.2, -0.15) is 0 Å². The third-order valence-corrected chi connectivity index (χ3v) is 3.05. The maximum atomic E-state index is 11.4. The number of hydrogen-bond acceptors (Lipinski definition) is 4. The van der Waals surface area contributed by atoms with Crippen LogP contribution in [0.1, 0.15) is 22.3 Å². The fraction of sp³-hybridized carbons (Fsp3) is 0.385. The summed E-state index contributed by atoms with van der Waals surface area (Å²) >= 11 is 0. The van der Waals surface area contributed by atoms with Gasteiger partial charge in [-0.1, -0.05) is 11.6 Å². The number of primary amides is 1. The van der Waals surface area contributed by atoms with Crippen LogP contribution in [0.2, 0.25) is 0 Å². The van der Waals surface area contributed by atoms with E-state index in [1.165, 1.54) is 5.57 Å². The van der Waals surface area contributed by atoms with Gasteiger partial charge >= 0.3 is 0 Å². The van der Waals surface area contributed by atoms with Crippen molar-refractivity contribution >= 4 is 11.7 Å². The maximum absolute atomic E-state index is 11.4. The second-order valence-electron chi connectivity index (χ2n) is 4.39. The maximum Gasteiger partial charge on any atom is 0.252 e. The van der Waals surface area contributed by atoms with Crippen LogP contribution in [0.5, 0.6) is 0 Å². The molecule has 5 nitrogen and oxygen atoms in total. The summed E-state index contributed by atoms with van der Waals surface area (Å²) in [6.45, 7) is 4.47. The van der Waals surface area contributed by atoms with E-state index in [9.17, 15) is 4.79 Å². The Labute approximate surface area is 106 Å². The van der Waals surface area contributed by atoms with Crippen molar-refractivity contribution in [3.05, 3.63) is 35.0 Å². The van der Waals surface area contributed by atoms with Gasteiger partial charge in [0.15, 0.2) is 0 Å². The summed E-state index contributed by atoms with van der Waals surface area (Å²) in [7, 11) is 0. The highest BCUT2D eigenvalue weighted by Crippen LogP contribution is 2.16. The number of amides is 1. The third kappa shape index (κ3) is 2.87. The van der Waals surface area contributed by atoms with Crippen LogP contribution in [-0.2, 0) is 0 Å². The quantitative estimate of drug-likeness (QED) is 0.687. The van der Waals surface area contributed by atoms with Crippen LogP contribution >= 0.6 is 0 Å². The fourth-order valence-electron chi connectivity index (χ4n) is 2.03. The Morgan fingerprint density at radius 1 is 1.61 bits per heavy atom. The summed E-state index contributed by atoms with van der Waals surface area (Å²) in [6.07, 6.45) is 4.86. The molecule has 96 valence electrons. The molecule has 1 aromatic rings. The number of aromatic nitrogens is 1. The lowest BCUT2D eigenvalue weighted by atomic mass is 10.1. The molecule has 0 radical (unpaired) electrons. The summed E-state index contributed by atoms with van der Waals surface area (Å²) < 4.78 is 0. The van der Waals surface area contributed by atoms with Crippen LogP contribution in [0.4, 0.5) is 5.82 Å². The predicted molar refractivity (Wildman–Crippen MR) is 71.6 cm³/mol. The van der Waals surface area contributed by atoms with Crippen molar-refractivity contribution in [1.82, 2.24) is 10.3 Å². The number of carbonyl (C=O) groups is 1. The van der Waals surface area contributed by atoms with E-state index >= 15 is 0 Å². The zero-order chi connectivity index (χ0) is 13.0. The zero-order valence-electron chi connectivity index (χ0n) is 10.5. The Balaban J connectivity index is 2.11. The van der Waals surface area contributed by atoms with Crippen molar-refractivity contribution < 1.29 is 4.79 Å². The summed E-state index contributed by atoms with van der Waals surface area (Å²) in [6, 6.07) is 1.79. The number of pyridine rings is 1. The summed E-state index contributed by atoms with van der Waals surface area (Å²) in [5, 5.41) is 6.45. The van der Waals surface area contributed by atoms with Gasteiger partial charge in [0.1, 0.15) is 5.82 Å². The molecule has 0 bridgehead atoms. The summed E-state index contributed by atoms with van der Waals surface area (Å²) in [5.41, 5.74) is 8.03. The van der Waals surface area contributed by atoms with Crippen molar-refractivity contribution in [2.45, 2.75) is 13.3 Å². The van der Waals surface area contributed by atoms with Gasteiger partial charge in [0.2, 0.25) is 0 Å². The third-order valence-electron chi connectivity index (χ3n) is 3.05. The first-order valence-corrected chi connectivity index (χ1v) is 6.06. The number of nitrogens with zero attached hydrogens (tertiary/aromatic N) is 1. The Morgan fingerprint density at radius 2 is 2.44 bits per heavy atom. The average Bonchev–Trinajstić information content (AvgIpc) is 2.37. The lowest BCUT2D eigenvalue weighted by molar-refractivity contribution is 0.1000. The highest BCUT2D eigenvalue weighted by Gasteiger charge is 2.12. The standard InChI is InChI=1S/C13H18N4O/c1-9-2-7-16-13(11(9)12(14)18)17-8-10-3-5-15-6-4-10/h2-3,7,15H,4-6,8H2,1H3,(H2,14,18)(H,16,17). The molecule has 0 unspecified atom stereocenters. The molecule has 0 atom stereocenters. The van der Waals surface area contributed by atoms with Gasteiger partial charge < -0.3 is 16.4 Å². The molecule has 0 saturated heterocycles. The number of aryl methyl sites for hydroxylation is 1. The zero-order valence-corrected chi connectivity index (χ0v) is 10.5. The normalized spacial score (nSPS) is 15.1. The lowest BCUT2D eigenvalue weighted by Crippen LogP contribution is -2.24.